The van der Waals surface area contributed by atoms with Crippen LogP contribution in [0.1, 0.15) is 25.0 Å². The molecule has 0 bridgehead atoms. The monoisotopic (exact) mass is 243 g/mol. The van der Waals surface area contributed by atoms with Crippen molar-refractivity contribution in [2.45, 2.75) is 25.9 Å². The van der Waals surface area contributed by atoms with Gasteiger partial charge >= 0.3 is 0 Å². The summed E-state index contributed by atoms with van der Waals surface area (Å²) in [5.74, 6) is 0. The van der Waals surface area contributed by atoms with Crippen molar-refractivity contribution >= 4 is 11.4 Å². The molecular weight excluding hydrogens is 222 g/mol. The van der Waals surface area contributed by atoms with Gasteiger partial charge in [-0.05, 0) is 25.0 Å². The number of piperazine rings is 1. The molecule has 0 radical (unpaired) electrons. The highest BCUT2D eigenvalue weighted by Gasteiger charge is 2.40. The molecule has 3 nitrogen and oxygen atoms in total. The van der Waals surface area contributed by atoms with Crippen LogP contribution in [0.4, 0.5) is 5.69 Å². The van der Waals surface area contributed by atoms with Crippen molar-refractivity contribution in [2.24, 2.45) is 0 Å². The van der Waals surface area contributed by atoms with Gasteiger partial charge in [-0.15, -0.1) is 0 Å². The van der Waals surface area contributed by atoms with Crippen LogP contribution in [-0.4, -0.2) is 25.3 Å². The van der Waals surface area contributed by atoms with Crippen LogP contribution in [0.15, 0.2) is 24.8 Å². The summed E-state index contributed by atoms with van der Waals surface area (Å²) in [6.07, 6.45) is 1.05. The van der Waals surface area contributed by atoms with Gasteiger partial charge in [0.15, 0.2) is 0 Å². The van der Waals surface area contributed by atoms with Crippen molar-refractivity contribution in [3.8, 4) is 0 Å². The number of nitrogens with zero attached hydrogens (tertiary/aromatic N) is 1. The lowest BCUT2D eigenvalue weighted by Crippen LogP contribution is -2.68. The van der Waals surface area contributed by atoms with Gasteiger partial charge in [0.2, 0.25) is 0 Å². The van der Waals surface area contributed by atoms with Crippen LogP contribution in [0.2, 0.25) is 0 Å². The Labute approximate surface area is 109 Å². The molecule has 2 aliphatic rings. The van der Waals surface area contributed by atoms with E-state index in [1.165, 1.54) is 16.8 Å². The Kier molecular flexibility index (Phi) is 2.59. The number of benzene rings is 1. The maximum atomic E-state index is 4.23. The summed E-state index contributed by atoms with van der Waals surface area (Å²) in [6.45, 7) is 11.7. The molecule has 1 saturated heterocycles. The average Bonchev–Trinajstić information content (AvgIpc) is 2.37. The molecule has 2 heterocycles. The largest absolute Gasteiger partial charge is 0.362 e. The van der Waals surface area contributed by atoms with Gasteiger partial charge < -0.3 is 15.5 Å². The second kappa shape index (κ2) is 4.02. The lowest BCUT2D eigenvalue weighted by Gasteiger charge is -2.52. The number of hydrogen-bond donors (Lipinski definition) is 2. The fourth-order valence-electron chi connectivity index (χ4n) is 3.20. The van der Waals surface area contributed by atoms with Gasteiger partial charge in [0, 0.05) is 36.6 Å². The number of nitrogens with one attached hydrogen (secondary N) is 2. The minimum Gasteiger partial charge on any atom is -0.362 e. The van der Waals surface area contributed by atoms with Gasteiger partial charge in [0.05, 0.1) is 0 Å². The Morgan fingerprint density at radius 1 is 1.44 bits per heavy atom. The average molecular weight is 243 g/mol. The quantitative estimate of drug-likeness (QED) is 0.789. The number of aryl methyl sites for hydroxylation is 1. The fourth-order valence-corrected chi connectivity index (χ4v) is 3.20. The molecule has 96 valence electrons. The van der Waals surface area contributed by atoms with Crippen LogP contribution in [0, 0.1) is 0 Å². The number of rotatable bonds is 1. The van der Waals surface area contributed by atoms with E-state index in [2.05, 4.69) is 54.2 Å². The Morgan fingerprint density at radius 3 is 3.06 bits per heavy atom. The van der Waals surface area contributed by atoms with E-state index in [-0.39, 0.29) is 5.66 Å². The first-order chi connectivity index (χ1) is 8.65. The smallest absolute Gasteiger partial charge is 0.120 e. The first-order valence-electron chi connectivity index (χ1n) is 6.73. The molecule has 1 aromatic carbocycles. The lowest BCUT2D eigenvalue weighted by atomic mass is 9.92. The molecule has 0 amide bonds. The van der Waals surface area contributed by atoms with Gasteiger partial charge in [-0.25, -0.2) is 0 Å². The Morgan fingerprint density at radius 2 is 2.28 bits per heavy atom. The zero-order chi connectivity index (χ0) is 12.8. The summed E-state index contributed by atoms with van der Waals surface area (Å²) in [5, 5.41) is 7.05. The van der Waals surface area contributed by atoms with E-state index in [1.807, 2.05) is 0 Å². The second-order valence-electron chi connectivity index (χ2n) is 5.37. The third-order valence-corrected chi connectivity index (χ3v) is 4.10. The summed E-state index contributed by atoms with van der Waals surface area (Å²) in [4.78, 5) is 2.48. The van der Waals surface area contributed by atoms with Crippen LogP contribution in [0.5, 0.6) is 0 Å². The Balaban J connectivity index is 2.16. The topological polar surface area (TPSA) is 27.3 Å². The van der Waals surface area contributed by atoms with Crippen LogP contribution in [0.3, 0.4) is 0 Å². The molecule has 18 heavy (non-hydrogen) atoms. The predicted octanol–water partition coefficient (Wildman–Crippen LogP) is 1.95. The molecule has 1 fully saturated rings. The van der Waals surface area contributed by atoms with Crippen molar-refractivity contribution in [2.75, 3.05) is 24.5 Å². The van der Waals surface area contributed by atoms with Crippen LogP contribution in [-0.2, 0) is 6.42 Å². The molecule has 0 unspecified atom stereocenters. The van der Waals surface area contributed by atoms with Crippen molar-refractivity contribution in [1.82, 2.24) is 10.6 Å². The van der Waals surface area contributed by atoms with E-state index in [4.69, 9.17) is 0 Å². The van der Waals surface area contributed by atoms with Crippen molar-refractivity contribution < 1.29 is 0 Å². The van der Waals surface area contributed by atoms with E-state index in [0.717, 1.165) is 31.8 Å². The number of fused-ring (bicyclic) bond motifs is 3. The van der Waals surface area contributed by atoms with E-state index in [0.29, 0.717) is 0 Å². The Bertz CT molecular complexity index is 495. The summed E-state index contributed by atoms with van der Waals surface area (Å²) in [5.41, 5.74) is 5.03. The fraction of sp³-hybridized carbons (Fsp3) is 0.467. The molecule has 1 atom stereocenters. The van der Waals surface area contributed by atoms with E-state index in [1.54, 1.807) is 0 Å². The van der Waals surface area contributed by atoms with Gasteiger partial charge in [-0.3, -0.25) is 0 Å². The van der Waals surface area contributed by atoms with Gasteiger partial charge in [0.1, 0.15) is 5.66 Å². The minimum atomic E-state index is -0.0469. The van der Waals surface area contributed by atoms with Crippen LogP contribution < -0.4 is 15.5 Å². The van der Waals surface area contributed by atoms with E-state index in [9.17, 15) is 0 Å². The summed E-state index contributed by atoms with van der Waals surface area (Å²) < 4.78 is 0. The molecule has 3 rings (SSSR count). The maximum absolute atomic E-state index is 4.23. The van der Waals surface area contributed by atoms with Gasteiger partial charge in [-0.2, -0.15) is 0 Å². The zero-order valence-corrected chi connectivity index (χ0v) is 11.2. The van der Waals surface area contributed by atoms with Gasteiger partial charge in [0.25, 0.3) is 0 Å². The first-order valence-corrected chi connectivity index (χ1v) is 6.73. The second-order valence-corrected chi connectivity index (χ2v) is 5.37. The third-order valence-electron chi connectivity index (χ3n) is 4.10. The standard InChI is InChI=1S/C15H21N3/c1-4-12-6-5-7-13-14(12)11(2)17-15(3)10-16-8-9-18(13)15/h5-7,16-17H,2,4,8-10H2,1,3H3/t15-/m1/s1. The molecule has 2 aliphatic heterocycles. The van der Waals surface area contributed by atoms with Crippen LogP contribution >= 0.6 is 0 Å². The molecule has 0 saturated carbocycles. The highest BCUT2D eigenvalue weighted by molar-refractivity contribution is 5.81. The summed E-state index contributed by atoms with van der Waals surface area (Å²) in [7, 11) is 0. The normalized spacial score (nSPS) is 26.3. The van der Waals surface area contributed by atoms with E-state index < -0.39 is 0 Å². The van der Waals surface area contributed by atoms with E-state index >= 15 is 0 Å². The molecule has 3 heteroatoms. The number of anilines is 1. The Hall–Kier alpha value is -1.48. The molecule has 1 aromatic rings. The highest BCUT2D eigenvalue weighted by Crippen LogP contribution is 2.38. The zero-order valence-electron chi connectivity index (χ0n) is 11.2. The number of hydrogen-bond acceptors (Lipinski definition) is 3. The summed E-state index contributed by atoms with van der Waals surface area (Å²) in [6, 6.07) is 6.60. The SMILES string of the molecule is C=C1N[C@@]2(C)CNCCN2c2cccc(CC)c21. The van der Waals surface area contributed by atoms with Crippen molar-refractivity contribution in [3.63, 3.8) is 0 Å². The third kappa shape index (κ3) is 1.54. The molecule has 0 spiro atoms. The highest BCUT2D eigenvalue weighted by atomic mass is 15.4. The van der Waals surface area contributed by atoms with Crippen LogP contribution in [0.25, 0.3) is 5.70 Å². The van der Waals surface area contributed by atoms with Crippen molar-refractivity contribution in [1.29, 1.82) is 0 Å². The first kappa shape index (κ1) is 11.6. The molecule has 2 N–H and O–H groups in total. The minimum absolute atomic E-state index is 0.0469. The molecule has 0 aromatic heterocycles. The lowest BCUT2D eigenvalue weighted by molar-refractivity contribution is 0.317. The van der Waals surface area contributed by atoms with Gasteiger partial charge in [-0.1, -0.05) is 25.6 Å². The molecule has 0 aliphatic carbocycles. The predicted molar refractivity (Wildman–Crippen MR) is 76.6 cm³/mol. The summed E-state index contributed by atoms with van der Waals surface area (Å²) >= 11 is 0. The van der Waals surface area contributed by atoms with Crippen molar-refractivity contribution in [3.05, 3.63) is 35.9 Å². The molecular formula is C15H21N3. The maximum Gasteiger partial charge on any atom is 0.120 e.